The molecule has 2 saturated heterocycles. The van der Waals surface area contributed by atoms with Crippen molar-refractivity contribution in [2.45, 2.75) is 48.9 Å². The van der Waals surface area contributed by atoms with Crippen LogP contribution in [0.25, 0.3) is 43.6 Å². The van der Waals surface area contributed by atoms with E-state index in [-0.39, 0.29) is 22.0 Å². The largest absolute Gasteiger partial charge is 0.371 e. The number of hydrazone groups is 2. The summed E-state index contributed by atoms with van der Waals surface area (Å²) in [7, 11) is -3.80. The first-order valence-corrected chi connectivity index (χ1v) is 21.7. The molecule has 6 aromatic carbocycles. The number of aryl methyl sites for hydroxylation is 2. The Labute approximate surface area is 343 Å². The Morgan fingerprint density at radius 2 is 0.949 bits per heavy atom. The Kier molecular flexibility index (Phi) is 9.51. The third-order valence-electron chi connectivity index (χ3n) is 11.4. The molecular weight excluding hydrogens is 757 g/mol. The number of epoxide rings is 2. The van der Waals surface area contributed by atoms with Gasteiger partial charge in [-0.3, -0.25) is 10.0 Å². The van der Waals surface area contributed by atoms with Gasteiger partial charge in [-0.15, -0.1) is 0 Å². The van der Waals surface area contributed by atoms with Gasteiger partial charge in [-0.25, -0.2) is 8.42 Å². The van der Waals surface area contributed by atoms with Crippen LogP contribution in [0.15, 0.2) is 153 Å². The second-order valence-corrected chi connectivity index (χ2v) is 17.1. The van der Waals surface area contributed by atoms with Crippen molar-refractivity contribution < 1.29 is 17.9 Å². The molecular formula is C48H44N6O4S. The van der Waals surface area contributed by atoms with Crippen LogP contribution in [0.3, 0.4) is 0 Å². The van der Waals surface area contributed by atoms with Gasteiger partial charge in [0, 0.05) is 56.7 Å². The fraction of sp³-hybridized carbons (Fsp3) is 0.208. The van der Waals surface area contributed by atoms with E-state index in [1.165, 1.54) is 43.6 Å². The van der Waals surface area contributed by atoms with Crippen molar-refractivity contribution in [3.63, 3.8) is 0 Å². The first kappa shape index (κ1) is 37.0. The van der Waals surface area contributed by atoms with Crippen molar-refractivity contribution in [1.29, 1.82) is 0 Å². The number of fused-ring (bicyclic) bond motifs is 6. The van der Waals surface area contributed by atoms with Crippen molar-refractivity contribution in [2.24, 2.45) is 10.2 Å². The van der Waals surface area contributed by atoms with Gasteiger partial charge < -0.3 is 18.6 Å². The molecule has 296 valence electrons. The molecule has 0 aliphatic carbocycles. The molecule has 8 aromatic rings. The lowest BCUT2D eigenvalue weighted by Crippen LogP contribution is -2.22. The van der Waals surface area contributed by atoms with Crippen molar-refractivity contribution in [3.8, 4) is 0 Å². The molecule has 2 aliphatic rings. The number of aromatic nitrogens is 2. The Morgan fingerprint density at radius 1 is 0.559 bits per heavy atom. The highest BCUT2D eigenvalue weighted by Crippen LogP contribution is 2.32. The van der Waals surface area contributed by atoms with Crippen LogP contribution in [0.5, 0.6) is 0 Å². The molecule has 11 heteroatoms. The summed E-state index contributed by atoms with van der Waals surface area (Å²) in [5.74, 6) is 0. The third-order valence-corrected chi connectivity index (χ3v) is 13.2. The maximum atomic E-state index is 13.9. The zero-order chi connectivity index (χ0) is 40.1. The van der Waals surface area contributed by atoms with Gasteiger partial charge in [-0.2, -0.15) is 10.2 Å². The second-order valence-electron chi connectivity index (χ2n) is 15.1. The van der Waals surface area contributed by atoms with Crippen molar-refractivity contribution in [1.82, 2.24) is 9.13 Å². The smallest absolute Gasteiger partial charge is 0.206 e. The quantitative estimate of drug-likeness (QED) is 0.0618. The number of rotatable bonds is 14. The molecule has 2 aromatic heterocycles. The highest BCUT2D eigenvalue weighted by Gasteiger charge is 2.28. The Bertz CT molecular complexity index is 2820. The van der Waals surface area contributed by atoms with Gasteiger partial charge in [0.2, 0.25) is 9.84 Å². The van der Waals surface area contributed by atoms with Crippen molar-refractivity contribution in [3.05, 3.63) is 145 Å². The van der Waals surface area contributed by atoms with Crippen molar-refractivity contribution >= 4 is 77.3 Å². The fourth-order valence-electron chi connectivity index (χ4n) is 8.16. The average molecular weight is 801 g/mol. The van der Waals surface area contributed by atoms with Gasteiger partial charge in [-0.05, 0) is 110 Å². The van der Waals surface area contributed by atoms with Gasteiger partial charge in [0.15, 0.2) is 0 Å². The van der Waals surface area contributed by atoms with Crippen LogP contribution in [0, 0.1) is 0 Å². The normalized spacial score (nSPS) is 16.6. The minimum absolute atomic E-state index is 0.0760. The topological polar surface area (TPSA) is 100 Å². The minimum Gasteiger partial charge on any atom is -0.371 e. The van der Waals surface area contributed by atoms with E-state index in [9.17, 15) is 8.42 Å². The minimum atomic E-state index is -3.80. The van der Waals surface area contributed by atoms with Gasteiger partial charge >= 0.3 is 0 Å². The first-order chi connectivity index (χ1) is 28.9. The zero-order valence-electron chi connectivity index (χ0n) is 33.0. The molecule has 0 N–H and O–H groups in total. The summed E-state index contributed by atoms with van der Waals surface area (Å²) in [4.78, 5) is 0.416. The summed E-state index contributed by atoms with van der Waals surface area (Å²) < 4.78 is 43.6. The number of sulfone groups is 1. The van der Waals surface area contributed by atoms with Crippen LogP contribution in [-0.2, 0) is 32.4 Å². The van der Waals surface area contributed by atoms with Crippen LogP contribution in [0.4, 0.5) is 11.4 Å². The molecule has 0 amide bonds. The molecule has 10 nitrogen and oxygen atoms in total. The summed E-state index contributed by atoms with van der Waals surface area (Å²) in [6.45, 7) is 8.57. The van der Waals surface area contributed by atoms with Crippen LogP contribution in [0.2, 0.25) is 0 Å². The van der Waals surface area contributed by atoms with Gasteiger partial charge in [0.1, 0.15) is 12.2 Å². The fourth-order valence-corrected chi connectivity index (χ4v) is 9.42. The monoisotopic (exact) mass is 800 g/mol. The number of para-hydroxylation sites is 2. The van der Waals surface area contributed by atoms with E-state index in [1.54, 1.807) is 24.3 Å². The molecule has 0 saturated carbocycles. The summed E-state index contributed by atoms with van der Waals surface area (Å²) >= 11 is 0. The van der Waals surface area contributed by atoms with Crippen LogP contribution < -0.4 is 10.0 Å². The number of ether oxygens (including phenoxy) is 2. The molecule has 4 heterocycles. The predicted octanol–water partition coefficient (Wildman–Crippen LogP) is 9.25. The Morgan fingerprint density at radius 3 is 1.34 bits per heavy atom. The van der Waals surface area contributed by atoms with E-state index in [1.807, 2.05) is 46.7 Å². The molecule has 0 spiro atoms. The van der Waals surface area contributed by atoms with Crippen LogP contribution in [0.1, 0.15) is 25.0 Å². The SMILES string of the molecule is CCn1c2ccccc2c2cc(C=NN(CC3CO3)c3ccc(S(=O)(=O)c4ccc(N(CC5CO5)N=Cc5ccc6c(c5)c5ccccc5n6CC)cc4)cc3)ccc21. The molecule has 0 bridgehead atoms. The van der Waals surface area contributed by atoms with E-state index >= 15 is 0 Å². The highest BCUT2D eigenvalue weighted by molar-refractivity contribution is 7.91. The van der Waals surface area contributed by atoms with Gasteiger partial charge in [0.25, 0.3) is 0 Å². The third kappa shape index (κ3) is 7.15. The predicted molar refractivity (Wildman–Crippen MR) is 238 cm³/mol. The molecule has 2 atom stereocenters. The van der Waals surface area contributed by atoms with Crippen LogP contribution in [-0.4, -0.2) is 68.5 Å². The standard InChI is InChI=1S/C48H44N6O4S/c1-3-51-45-11-7-5-9-41(45)43-25-33(13-23-47(43)51)27-49-53(29-37-31-57-37)35-15-19-39(20-16-35)59(55,56)40-21-17-36(18-22-40)54(30-38-32-58-38)50-28-34-14-24-48-44(26-34)42-10-6-8-12-46(42)52(48)4-2/h5-28,37-38H,3-4,29-32H2,1-2H3. The number of hydrogen-bond donors (Lipinski definition) is 0. The summed E-state index contributed by atoms with van der Waals surface area (Å²) in [5.41, 5.74) is 8.34. The maximum absolute atomic E-state index is 13.9. The van der Waals surface area contributed by atoms with E-state index in [2.05, 4.69) is 108 Å². The Balaban J connectivity index is 0.874. The second kappa shape index (κ2) is 15.2. The molecule has 2 fully saturated rings. The first-order valence-electron chi connectivity index (χ1n) is 20.2. The Hall–Kier alpha value is -6.27. The maximum Gasteiger partial charge on any atom is 0.206 e. The van der Waals surface area contributed by atoms with E-state index in [0.717, 1.165) is 35.6 Å². The number of anilines is 2. The molecule has 59 heavy (non-hydrogen) atoms. The van der Waals surface area contributed by atoms with Gasteiger partial charge in [0.05, 0.1) is 59.9 Å². The van der Waals surface area contributed by atoms with E-state index in [4.69, 9.17) is 19.7 Å². The highest BCUT2D eigenvalue weighted by atomic mass is 32.2. The number of nitrogens with zero attached hydrogens (tertiary/aromatic N) is 6. The van der Waals surface area contributed by atoms with Crippen molar-refractivity contribution in [2.75, 3.05) is 36.3 Å². The molecule has 10 rings (SSSR count). The lowest BCUT2D eigenvalue weighted by atomic mass is 10.1. The summed E-state index contributed by atoms with van der Waals surface area (Å²) in [6.07, 6.45) is 3.87. The average Bonchev–Trinajstić information content (AvgIpc) is 4.22. The lowest BCUT2D eigenvalue weighted by Gasteiger charge is -2.19. The number of hydrogen-bond acceptors (Lipinski definition) is 8. The van der Waals surface area contributed by atoms with E-state index < -0.39 is 9.84 Å². The molecule has 0 radical (unpaired) electrons. The molecule has 2 aliphatic heterocycles. The lowest BCUT2D eigenvalue weighted by molar-refractivity contribution is 0.408. The zero-order valence-corrected chi connectivity index (χ0v) is 33.8. The van der Waals surface area contributed by atoms with E-state index in [0.29, 0.717) is 26.3 Å². The van der Waals surface area contributed by atoms with Gasteiger partial charge in [-0.1, -0.05) is 48.5 Å². The summed E-state index contributed by atoms with van der Waals surface area (Å²) in [5, 5.41) is 18.3. The molecule has 2 unspecified atom stereocenters. The number of benzene rings is 6. The van der Waals surface area contributed by atoms with Crippen LogP contribution >= 0.6 is 0 Å². The summed E-state index contributed by atoms with van der Waals surface area (Å²) in [6, 6.07) is 43.6.